The van der Waals surface area contributed by atoms with Crippen molar-refractivity contribution < 1.29 is 0 Å². The molecule has 0 radical (unpaired) electrons. The van der Waals surface area contributed by atoms with Crippen LogP contribution in [0.3, 0.4) is 0 Å². The maximum absolute atomic E-state index is 5.88. The first-order valence-electron chi connectivity index (χ1n) is 6.60. The number of hydrogen-bond acceptors (Lipinski definition) is 1. The zero-order chi connectivity index (χ0) is 12.7. The van der Waals surface area contributed by atoms with E-state index >= 15 is 0 Å². The number of hydrogen-bond donors (Lipinski definition) is 1. The highest BCUT2D eigenvalue weighted by molar-refractivity contribution is 6.30. The first-order chi connectivity index (χ1) is 8.15. The van der Waals surface area contributed by atoms with Gasteiger partial charge in [-0.15, -0.1) is 0 Å². The van der Waals surface area contributed by atoms with Gasteiger partial charge >= 0.3 is 0 Å². The van der Waals surface area contributed by atoms with Gasteiger partial charge in [-0.3, -0.25) is 0 Å². The predicted molar refractivity (Wildman–Crippen MR) is 76.4 cm³/mol. The topological polar surface area (TPSA) is 26.0 Å². The van der Waals surface area contributed by atoms with Gasteiger partial charge in [-0.25, -0.2) is 0 Å². The van der Waals surface area contributed by atoms with E-state index in [4.69, 9.17) is 17.3 Å². The summed E-state index contributed by atoms with van der Waals surface area (Å²) in [6, 6.07) is 8.13. The molecular formula is C15H24ClN. The molecule has 96 valence electrons. The van der Waals surface area contributed by atoms with Crippen molar-refractivity contribution in [2.24, 2.45) is 17.6 Å². The lowest BCUT2D eigenvalue weighted by Gasteiger charge is -2.19. The van der Waals surface area contributed by atoms with Crippen molar-refractivity contribution in [3.8, 4) is 0 Å². The van der Waals surface area contributed by atoms with Crippen LogP contribution < -0.4 is 5.73 Å². The van der Waals surface area contributed by atoms with Crippen LogP contribution in [0.5, 0.6) is 0 Å². The van der Waals surface area contributed by atoms with Crippen molar-refractivity contribution >= 4 is 11.6 Å². The molecule has 0 aliphatic carbocycles. The van der Waals surface area contributed by atoms with Crippen LogP contribution in [-0.4, -0.2) is 6.54 Å². The largest absolute Gasteiger partial charge is 0.330 e. The van der Waals surface area contributed by atoms with Gasteiger partial charge in [0.2, 0.25) is 0 Å². The summed E-state index contributed by atoms with van der Waals surface area (Å²) in [5, 5.41) is 0.803. The molecule has 2 heteroatoms. The van der Waals surface area contributed by atoms with E-state index in [-0.39, 0.29) is 0 Å². The highest BCUT2D eigenvalue weighted by atomic mass is 35.5. The lowest BCUT2D eigenvalue weighted by atomic mass is 9.88. The molecule has 0 bridgehead atoms. The molecule has 0 heterocycles. The maximum Gasteiger partial charge on any atom is 0.0406 e. The molecule has 0 aromatic heterocycles. The van der Waals surface area contributed by atoms with E-state index in [1.807, 2.05) is 12.1 Å². The van der Waals surface area contributed by atoms with E-state index in [0.29, 0.717) is 5.92 Å². The van der Waals surface area contributed by atoms with Crippen molar-refractivity contribution in [2.45, 2.75) is 39.5 Å². The van der Waals surface area contributed by atoms with Crippen LogP contribution in [0.25, 0.3) is 0 Å². The van der Waals surface area contributed by atoms with Crippen LogP contribution in [0.1, 0.15) is 38.7 Å². The second-order valence-electron chi connectivity index (χ2n) is 5.06. The van der Waals surface area contributed by atoms with Crippen LogP contribution in [0.4, 0.5) is 0 Å². The van der Waals surface area contributed by atoms with Gasteiger partial charge in [0.1, 0.15) is 0 Å². The Labute approximate surface area is 110 Å². The third-order valence-electron chi connectivity index (χ3n) is 3.29. The number of halogens is 1. The second-order valence-corrected chi connectivity index (χ2v) is 5.50. The molecule has 1 rings (SSSR count). The smallest absolute Gasteiger partial charge is 0.0406 e. The fraction of sp³-hybridized carbons (Fsp3) is 0.600. The zero-order valence-corrected chi connectivity index (χ0v) is 11.7. The first kappa shape index (κ1) is 14.5. The third-order valence-corrected chi connectivity index (χ3v) is 3.54. The highest BCUT2D eigenvalue weighted by Crippen LogP contribution is 2.20. The normalized spacial score (nSPS) is 14.6. The molecule has 0 fully saturated rings. The molecule has 0 aliphatic rings. The van der Waals surface area contributed by atoms with Gasteiger partial charge < -0.3 is 5.73 Å². The molecule has 1 nitrogen and oxygen atoms in total. The average molecular weight is 254 g/mol. The van der Waals surface area contributed by atoms with E-state index in [1.165, 1.54) is 24.8 Å². The molecule has 2 unspecified atom stereocenters. The lowest BCUT2D eigenvalue weighted by molar-refractivity contribution is 0.375. The van der Waals surface area contributed by atoms with Crippen molar-refractivity contribution in [2.75, 3.05) is 6.54 Å². The SMILES string of the molecule is CCCC(C)CC(CN)Cc1ccc(Cl)cc1. The molecule has 0 saturated heterocycles. The minimum atomic E-state index is 0.595. The Morgan fingerprint density at radius 2 is 1.88 bits per heavy atom. The fourth-order valence-corrected chi connectivity index (χ4v) is 2.52. The molecular weight excluding hydrogens is 230 g/mol. The van der Waals surface area contributed by atoms with Crippen molar-refractivity contribution in [1.82, 2.24) is 0 Å². The summed E-state index contributed by atoms with van der Waals surface area (Å²) in [5.74, 6) is 1.37. The number of rotatable bonds is 7. The summed E-state index contributed by atoms with van der Waals surface area (Å²) in [6.07, 6.45) is 4.87. The Kier molecular flexibility index (Phi) is 6.61. The summed E-state index contributed by atoms with van der Waals surface area (Å²) in [4.78, 5) is 0. The van der Waals surface area contributed by atoms with Gasteiger partial charge in [0, 0.05) is 5.02 Å². The molecule has 0 aliphatic heterocycles. The van der Waals surface area contributed by atoms with Crippen molar-refractivity contribution in [1.29, 1.82) is 0 Å². The van der Waals surface area contributed by atoms with Crippen molar-refractivity contribution in [3.63, 3.8) is 0 Å². The van der Waals surface area contributed by atoms with Gasteiger partial charge in [-0.05, 0) is 48.9 Å². The summed E-state index contributed by atoms with van der Waals surface area (Å²) < 4.78 is 0. The maximum atomic E-state index is 5.88. The number of nitrogens with two attached hydrogens (primary N) is 1. The minimum absolute atomic E-state index is 0.595. The van der Waals surface area contributed by atoms with Gasteiger partial charge in [-0.2, -0.15) is 0 Å². The van der Waals surface area contributed by atoms with Crippen LogP contribution in [0.15, 0.2) is 24.3 Å². The van der Waals surface area contributed by atoms with Crippen LogP contribution >= 0.6 is 11.6 Å². The average Bonchev–Trinajstić information content (AvgIpc) is 2.31. The fourth-order valence-electron chi connectivity index (χ4n) is 2.40. The number of benzene rings is 1. The first-order valence-corrected chi connectivity index (χ1v) is 6.98. The van der Waals surface area contributed by atoms with E-state index < -0.39 is 0 Å². The monoisotopic (exact) mass is 253 g/mol. The molecule has 1 aromatic carbocycles. The van der Waals surface area contributed by atoms with Gasteiger partial charge in [0.05, 0.1) is 0 Å². The molecule has 0 saturated carbocycles. The lowest BCUT2D eigenvalue weighted by Crippen LogP contribution is -2.19. The quantitative estimate of drug-likeness (QED) is 0.771. The Morgan fingerprint density at radius 3 is 2.41 bits per heavy atom. The Balaban J connectivity index is 2.48. The second kappa shape index (κ2) is 7.73. The van der Waals surface area contributed by atoms with E-state index in [1.54, 1.807) is 0 Å². The minimum Gasteiger partial charge on any atom is -0.330 e. The van der Waals surface area contributed by atoms with E-state index in [9.17, 15) is 0 Å². The Morgan fingerprint density at radius 1 is 1.24 bits per heavy atom. The van der Waals surface area contributed by atoms with Crippen molar-refractivity contribution in [3.05, 3.63) is 34.9 Å². The molecule has 0 spiro atoms. The van der Waals surface area contributed by atoms with Crippen LogP contribution in [-0.2, 0) is 6.42 Å². The van der Waals surface area contributed by atoms with E-state index in [2.05, 4.69) is 26.0 Å². The van der Waals surface area contributed by atoms with Gasteiger partial charge in [0.25, 0.3) is 0 Å². The Hall–Kier alpha value is -0.530. The molecule has 2 N–H and O–H groups in total. The van der Waals surface area contributed by atoms with E-state index in [0.717, 1.165) is 23.9 Å². The standard InChI is InChI=1S/C15H24ClN/c1-3-4-12(2)9-14(11-17)10-13-5-7-15(16)8-6-13/h5-8,12,14H,3-4,9-11,17H2,1-2H3. The van der Waals surface area contributed by atoms with Gasteiger partial charge in [0.15, 0.2) is 0 Å². The molecule has 2 atom stereocenters. The third kappa shape index (κ3) is 5.56. The summed E-state index contributed by atoms with van der Waals surface area (Å²) >= 11 is 5.88. The molecule has 17 heavy (non-hydrogen) atoms. The molecule has 0 amide bonds. The molecule has 1 aromatic rings. The summed E-state index contributed by atoms with van der Waals surface area (Å²) in [7, 11) is 0. The van der Waals surface area contributed by atoms with Gasteiger partial charge in [-0.1, -0.05) is 50.4 Å². The Bertz CT molecular complexity index is 307. The summed E-state index contributed by atoms with van der Waals surface area (Å²) in [6.45, 7) is 5.35. The highest BCUT2D eigenvalue weighted by Gasteiger charge is 2.12. The van der Waals surface area contributed by atoms with Crippen LogP contribution in [0.2, 0.25) is 5.02 Å². The van der Waals surface area contributed by atoms with Crippen LogP contribution in [0, 0.1) is 11.8 Å². The predicted octanol–water partition coefficient (Wildman–Crippen LogP) is 4.28. The zero-order valence-electron chi connectivity index (χ0n) is 11.0. The summed E-state index contributed by atoms with van der Waals surface area (Å²) in [5.41, 5.74) is 7.21.